The van der Waals surface area contributed by atoms with Crippen LogP contribution in [0.5, 0.6) is 0 Å². The second kappa shape index (κ2) is 2.36. The molecule has 10 heavy (non-hydrogen) atoms. The van der Waals surface area contributed by atoms with Crippen LogP contribution in [0.4, 0.5) is 0 Å². The minimum absolute atomic E-state index is 0.819. The zero-order valence-corrected chi connectivity index (χ0v) is 6.87. The molecule has 1 aromatic rings. The third-order valence-electron chi connectivity index (χ3n) is 2.05. The van der Waals surface area contributed by atoms with Crippen LogP contribution in [-0.2, 0) is 0 Å². The van der Waals surface area contributed by atoms with Crippen LogP contribution in [0, 0.1) is 6.92 Å². The van der Waals surface area contributed by atoms with Crippen LogP contribution in [0.1, 0.15) is 16.4 Å². The van der Waals surface area contributed by atoms with Crippen molar-refractivity contribution in [3.8, 4) is 0 Å². The van der Waals surface area contributed by atoms with E-state index in [9.17, 15) is 0 Å². The van der Waals surface area contributed by atoms with Gasteiger partial charge in [0.15, 0.2) is 0 Å². The van der Waals surface area contributed by atoms with Crippen LogP contribution in [0.25, 0.3) is 0 Å². The molecular formula is C8H11NS. The van der Waals surface area contributed by atoms with Gasteiger partial charge in [0.05, 0.1) is 0 Å². The summed E-state index contributed by atoms with van der Waals surface area (Å²) < 4.78 is 0. The molecule has 0 radical (unpaired) electrons. The number of rotatable bonds is 1. The van der Waals surface area contributed by atoms with E-state index < -0.39 is 0 Å². The minimum atomic E-state index is 0.819. The maximum absolute atomic E-state index is 3.28. The second-order valence-corrected chi connectivity index (χ2v) is 3.77. The standard InChI is InChI=1S/C8H11NS/c1-6-2-3-10-8(6)7-4-9-5-7/h2-3,7,9H,4-5H2,1H3. The highest BCUT2D eigenvalue weighted by Crippen LogP contribution is 2.27. The summed E-state index contributed by atoms with van der Waals surface area (Å²) in [7, 11) is 0. The van der Waals surface area contributed by atoms with Crippen molar-refractivity contribution in [2.45, 2.75) is 12.8 Å². The Morgan fingerprint density at radius 2 is 2.40 bits per heavy atom. The number of nitrogens with one attached hydrogen (secondary N) is 1. The Hall–Kier alpha value is -0.340. The first-order valence-electron chi connectivity index (χ1n) is 3.62. The average molecular weight is 153 g/mol. The van der Waals surface area contributed by atoms with E-state index in [1.807, 2.05) is 11.3 Å². The van der Waals surface area contributed by atoms with Crippen LogP contribution < -0.4 is 5.32 Å². The van der Waals surface area contributed by atoms with Gasteiger partial charge >= 0.3 is 0 Å². The highest BCUT2D eigenvalue weighted by atomic mass is 32.1. The summed E-state index contributed by atoms with van der Waals surface area (Å²) in [4.78, 5) is 1.58. The maximum Gasteiger partial charge on any atom is 0.0185 e. The number of aryl methyl sites for hydroxylation is 1. The topological polar surface area (TPSA) is 12.0 Å². The van der Waals surface area contributed by atoms with Crippen LogP contribution in [0.3, 0.4) is 0 Å². The zero-order valence-electron chi connectivity index (χ0n) is 6.05. The molecule has 0 amide bonds. The highest BCUT2D eigenvalue weighted by molar-refractivity contribution is 7.10. The quantitative estimate of drug-likeness (QED) is 0.648. The Bertz CT molecular complexity index is 225. The fourth-order valence-electron chi connectivity index (χ4n) is 1.28. The van der Waals surface area contributed by atoms with Crippen molar-refractivity contribution in [3.05, 3.63) is 21.9 Å². The smallest absolute Gasteiger partial charge is 0.0185 e. The van der Waals surface area contributed by atoms with Crippen molar-refractivity contribution in [1.29, 1.82) is 0 Å². The Labute approximate surface area is 65.1 Å². The lowest BCUT2D eigenvalue weighted by Gasteiger charge is -2.26. The van der Waals surface area contributed by atoms with Gasteiger partial charge in [0, 0.05) is 23.9 Å². The summed E-state index contributed by atoms with van der Waals surface area (Å²) in [6.45, 7) is 4.56. The molecule has 0 spiro atoms. The number of hydrogen-bond acceptors (Lipinski definition) is 2. The molecule has 1 saturated heterocycles. The van der Waals surface area contributed by atoms with Crippen LogP contribution in [0.2, 0.25) is 0 Å². The van der Waals surface area contributed by atoms with Crippen molar-refractivity contribution in [2.75, 3.05) is 13.1 Å². The molecule has 0 unspecified atom stereocenters. The summed E-state index contributed by atoms with van der Waals surface area (Å²) in [5, 5.41) is 5.47. The molecule has 2 heteroatoms. The van der Waals surface area contributed by atoms with Gasteiger partial charge in [-0.1, -0.05) is 0 Å². The third kappa shape index (κ3) is 0.879. The molecule has 1 fully saturated rings. The van der Waals surface area contributed by atoms with Crippen molar-refractivity contribution < 1.29 is 0 Å². The predicted molar refractivity (Wildman–Crippen MR) is 44.7 cm³/mol. The molecule has 54 valence electrons. The molecule has 0 aromatic carbocycles. The lowest BCUT2D eigenvalue weighted by Crippen LogP contribution is -2.39. The first-order chi connectivity index (χ1) is 4.88. The summed E-state index contributed by atoms with van der Waals surface area (Å²) in [5.74, 6) is 0.819. The average Bonchev–Trinajstić information content (AvgIpc) is 2.12. The van der Waals surface area contributed by atoms with Gasteiger partial charge in [-0.3, -0.25) is 0 Å². The van der Waals surface area contributed by atoms with Gasteiger partial charge in [-0.25, -0.2) is 0 Å². The Morgan fingerprint density at radius 1 is 1.60 bits per heavy atom. The van der Waals surface area contributed by atoms with Gasteiger partial charge < -0.3 is 5.32 Å². The molecule has 0 bridgehead atoms. The van der Waals surface area contributed by atoms with Gasteiger partial charge in [-0.15, -0.1) is 11.3 Å². The van der Waals surface area contributed by atoms with Crippen LogP contribution in [0.15, 0.2) is 11.4 Å². The van der Waals surface area contributed by atoms with E-state index in [0.29, 0.717) is 0 Å². The fourth-order valence-corrected chi connectivity index (χ4v) is 2.31. The van der Waals surface area contributed by atoms with E-state index in [2.05, 4.69) is 23.7 Å². The molecule has 0 atom stereocenters. The summed E-state index contributed by atoms with van der Waals surface area (Å²) in [6.07, 6.45) is 0. The molecule has 1 aromatic heterocycles. The van der Waals surface area contributed by atoms with E-state index >= 15 is 0 Å². The summed E-state index contributed by atoms with van der Waals surface area (Å²) in [5.41, 5.74) is 1.47. The first-order valence-corrected chi connectivity index (χ1v) is 4.50. The molecule has 0 saturated carbocycles. The fraction of sp³-hybridized carbons (Fsp3) is 0.500. The molecule has 1 N–H and O–H groups in total. The zero-order chi connectivity index (χ0) is 6.97. The number of thiophene rings is 1. The summed E-state index contributed by atoms with van der Waals surface area (Å²) in [6, 6.07) is 2.21. The lowest BCUT2D eigenvalue weighted by molar-refractivity contribution is 0.453. The van der Waals surface area contributed by atoms with Gasteiger partial charge in [0.1, 0.15) is 0 Å². The Balaban J connectivity index is 2.23. The Morgan fingerprint density at radius 3 is 2.80 bits per heavy atom. The van der Waals surface area contributed by atoms with Crippen molar-refractivity contribution in [3.63, 3.8) is 0 Å². The van der Waals surface area contributed by atoms with Crippen LogP contribution in [-0.4, -0.2) is 13.1 Å². The van der Waals surface area contributed by atoms with Gasteiger partial charge in [-0.2, -0.15) is 0 Å². The SMILES string of the molecule is Cc1ccsc1C1CNC1. The number of hydrogen-bond donors (Lipinski definition) is 1. The molecule has 1 aliphatic rings. The van der Waals surface area contributed by atoms with Gasteiger partial charge in [0.2, 0.25) is 0 Å². The molecule has 0 aliphatic carbocycles. The monoisotopic (exact) mass is 153 g/mol. The lowest BCUT2D eigenvalue weighted by atomic mass is 9.99. The minimum Gasteiger partial charge on any atom is -0.315 e. The van der Waals surface area contributed by atoms with E-state index in [0.717, 1.165) is 5.92 Å². The molecule has 1 nitrogen and oxygen atoms in total. The highest BCUT2D eigenvalue weighted by Gasteiger charge is 2.20. The largest absolute Gasteiger partial charge is 0.315 e. The van der Waals surface area contributed by atoms with E-state index in [1.165, 1.54) is 18.7 Å². The molecule has 2 rings (SSSR count). The van der Waals surface area contributed by atoms with E-state index in [-0.39, 0.29) is 0 Å². The maximum atomic E-state index is 3.28. The van der Waals surface area contributed by atoms with Gasteiger partial charge in [0.25, 0.3) is 0 Å². The molecule has 1 aliphatic heterocycles. The van der Waals surface area contributed by atoms with Crippen molar-refractivity contribution in [1.82, 2.24) is 5.32 Å². The molecule has 2 heterocycles. The van der Waals surface area contributed by atoms with Crippen LogP contribution >= 0.6 is 11.3 Å². The van der Waals surface area contributed by atoms with Crippen molar-refractivity contribution in [2.24, 2.45) is 0 Å². The van der Waals surface area contributed by atoms with E-state index in [4.69, 9.17) is 0 Å². The first kappa shape index (κ1) is 6.38. The third-order valence-corrected chi connectivity index (χ3v) is 3.24. The Kier molecular flexibility index (Phi) is 1.51. The van der Waals surface area contributed by atoms with Crippen molar-refractivity contribution >= 4 is 11.3 Å². The normalized spacial score (nSPS) is 18.9. The summed E-state index contributed by atoms with van der Waals surface area (Å²) >= 11 is 1.89. The predicted octanol–water partition coefficient (Wildman–Crippen LogP) is 1.74. The van der Waals surface area contributed by atoms with Gasteiger partial charge in [-0.05, 0) is 23.9 Å². The second-order valence-electron chi connectivity index (χ2n) is 2.82. The molecular weight excluding hydrogens is 142 g/mol. The van der Waals surface area contributed by atoms with E-state index in [1.54, 1.807) is 4.88 Å².